The van der Waals surface area contributed by atoms with E-state index in [9.17, 15) is 29.8 Å². The van der Waals surface area contributed by atoms with Crippen molar-refractivity contribution in [2.45, 2.75) is 0 Å². The van der Waals surface area contributed by atoms with E-state index in [2.05, 4.69) is 9.56 Å². The van der Waals surface area contributed by atoms with Crippen molar-refractivity contribution in [3.05, 3.63) is 40.6 Å². The number of phenols is 3. The lowest BCUT2D eigenvalue weighted by Gasteiger charge is -2.11. The second-order valence-electron chi connectivity index (χ2n) is 5.59. The van der Waals surface area contributed by atoms with Crippen LogP contribution in [0.25, 0.3) is 22.3 Å². The molecular weight excluding hydrogens is 383 g/mol. The minimum atomic E-state index is -4.01. The molecule has 0 bridgehead atoms. The molecule has 5 N–H and O–H groups in total. The third-order valence-corrected chi connectivity index (χ3v) is 3.77. The molecule has 3 aromatic rings. The molecule has 0 aliphatic heterocycles. The second kappa shape index (κ2) is 6.51. The Bertz CT molecular complexity index is 1140. The van der Waals surface area contributed by atoms with Gasteiger partial charge in [0.2, 0.25) is 16.9 Å². The van der Waals surface area contributed by atoms with Gasteiger partial charge in [-0.2, -0.15) is 0 Å². The molecule has 10 nitrogen and oxygen atoms in total. The molecular formula is C16H13O10P. The first-order chi connectivity index (χ1) is 12.6. The van der Waals surface area contributed by atoms with Crippen molar-refractivity contribution >= 4 is 18.6 Å². The zero-order valence-electron chi connectivity index (χ0n) is 13.6. The average molecular weight is 396 g/mol. The van der Waals surface area contributed by atoms with Crippen LogP contribution in [-0.4, -0.2) is 32.0 Å². The molecule has 3 rings (SSSR count). The fourth-order valence-corrected chi connectivity index (χ4v) is 2.52. The van der Waals surface area contributed by atoms with Gasteiger partial charge in [0, 0.05) is 24.4 Å². The number of benzene rings is 2. The predicted octanol–water partition coefficient (Wildman–Crippen LogP) is 2.41. The van der Waals surface area contributed by atoms with E-state index in [-0.39, 0.29) is 33.8 Å². The van der Waals surface area contributed by atoms with E-state index in [1.807, 2.05) is 0 Å². The van der Waals surface area contributed by atoms with Gasteiger partial charge in [0.1, 0.15) is 22.5 Å². The summed E-state index contributed by atoms with van der Waals surface area (Å²) in [5, 5.41) is 38.9. The van der Waals surface area contributed by atoms with Crippen molar-refractivity contribution in [1.82, 2.24) is 0 Å². The van der Waals surface area contributed by atoms with Crippen LogP contribution in [0, 0.1) is 0 Å². The molecule has 1 aromatic heterocycles. The molecule has 11 heteroatoms. The summed E-state index contributed by atoms with van der Waals surface area (Å²) in [4.78, 5) is 26.0. The summed E-state index contributed by atoms with van der Waals surface area (Å²) in [6.07, 6.45) is 0. The molecule has 0 saturated carbocycles. The zero-order chi connectivity index (χ0) is 19.9. The number of rotatable bonds is 4. The van der Waals surface area contributed by atoms with Gasteiger partial charge >= 0.3 is 7.60 Å². The number of phenolic OH excluding ortho intramolecular Hbond substituents is 3. The Balaban J connectivity index is 2.17. The summed E-state index contributed by atoms with van der Waals surface area (Å²) in [5.74, 6) is -2.99. The summed E-state index contributed by atoms with van der Waals surface area (Å²) in [7, 11) is -4.01. The van der Waals surface area contributed by atoms with Crippen molar-refractivity contribution in [2.75, 3.05) is 6.66 Å². The van der Waals surface area contributed by atoms with Gasteiger partial charge in [-0.25, -0.2) is 0 Å². The standard InChI is InChI=1S/C16H13O10P/c1-27(22,23)26-25-11-4-7(2-3-9(11)18)16-15(21)14(20)13-10(19)5-8(17)6-12(13)24-16/h2-6,17-19,21H,1H3,(H,22,23). The smallest absolute Gasteiger partial charge is 0.363 e. The van der Waals surface area contributed by atoms with Crippen LogP contribution in [0.2, 0.25) is 0 Å². The van der Waals surface area contributed by atoms with E-state index in [4.69, 9.17) is 9.31 Å². The maximum absolute atomic E-state index is 12.3. The van der Waals surface area contributed by atoms with Crippen LogP contribution in [0.3, 0.4) is 0 Å². The highest BCUT2D eigenvalue weighted by atomic mass is 31.2. The lowest BCUT2D eigenvalue weighted by atomic mass is 10.1. The van der Waals surface area contributed by atoms with Crippen molar-refractivity contribution in [1.29, 1.82) is 0 Å². The predicted molar refractivity (Wildman–Crippen MR) is 92.0 cm³/mol. The van der Waals surface area contributed by atoms with Crippen molar-refractivity contribution < 1.29 is 43.9 Å². The molecule has 0 fully saturated rings. The van der Waals surface area contributed by atoms with E-state index in [1.54, 1.807) is 0 Å². The largest absolute Gasteiger partial charge is 0.508 e. The van der Waals surface area contributed by atoms with Crippen molar-refractivity contribution in [3.8, 4) is 40.1 Å². The monoisotopic (exact) mass is 396 g/mol. The lowest BCUT2D eigenvalue weighted by molar-refractivity contribution is -0.109. The molecule has 0 amide bonds. The van der Waals surface area contributed by atoms with Gasteiger partial charge in [-0.3, -0.25) is 9.36 Å². The van der Waals surface area contributed by atoms with E-state index in [0.717, 1.165) is 30.9 Å². The minimum Gasteiger partial charge on any atom is -0.508 e. The number of hydrogen-bond acceptors (Lipinski definition) is 9. The fraction of sp³-hybridized carbons (Fsp3) is 0.0625. The van der Waals surface area contributed by atoms with Crippen LogP contribution < -0.4 is 10.3 Å². The zero-order valence-corrected chi connectivity index (χ0v) is 14.5. The van der Waals surface area contributed by atoms with Crippen molar-refractivity contribution in [2.24, 2.45) is 0 Å². The van der Waals surface area contributed by atoms with Gasteiger partial charge < -0.3 is 34.6 Å². The van der Waals surface area contributed by atoms with Gasteiger partial charge in [0.05, 0.1) is 0 Å². The third kappa shape index (κ3) is 3.68. The summed E-state index contributed by atoms with van der Waals surface area (Å²) < 4.78 is 20.8. The maximum Gasteiger partial charge on any atom is 0.363 e. The Labute approximate surface area is 150 Å². The molecule has 0 aliphatic carbocycles. The fourth-order valence-electron chi connectivity index (χ4n) is 2.30. The van der Waals surface area contributed by atoms with Gasteiger partial charge in [0.15, 0.2) is 11.5 Å². The van der Waals surface area contributed by atoms with E-state index < -0.39 is 30.3 Å². The molecule has 1 atom stereocenters. The van der Waals surface area contributed by atoms with E-state index in [1.165, 1.54) is 6.07 Å². The Morgan fingerprint density at radius 1 is 1.04 bits per heavy atom. The van der Waals surface area contributed by atoms with Gasteiger partial charge in [-0.05, 0) is 18.2 Å². The number of aromatic hydroxyl groups is 4. The first kappa shape index (κ1) is 18.6. The lowest BCUT2D eigenvalue weighted by Crippen LogP contribution is -2.03. The van der Waals surface area contributed by atoms with Crippen LogP contribution in [-0.2, 0) is 9.24 Å². The molecule has 0 saturated heterocycles. The Morgan fingerprint density at radius 2 is 1.74 bits per heavy atom. The highest BCUT2D eigenvalue weighted by Gasteiger charge is 2.21. The van der Waals surface area contributed by atoms with Crippen LogP contribution in [0.4, 0.5) is 0 Å². The Morgan fingerprint density at radius 3 is 2.41 bits per heavy atom. The van der Waals surface area contributed by atoms with Crippen LogP contribution >= 0.6 is 7.60 Å². The molecule has 1 heterocycles. The molecule has 0 spiro atoms. The topological polar surface area (TPSA) is 167 Å². The first-order valence-electron chi connectivity index (χ1n) is 7.28. The molecule has 0 radical (unpaired) electrons. The highest BCUT2D eigenvalue weighted by molar-refractivity contribution is 7.51. The van der Waals surface area contributed by atoms with Gasteiger partial charge in [0.25, 0.3) is 0 Å². The Hall–Kier alpha value is -3.20. The first-order valence-corrected chi connectivity index (χ1v) is 9.31. The molecule has 2 aromatic carbocycles. The normalized spacial score (nSPS) is 13.4. The SMILES string of the molecule is CP(=O)(O)OOc1cc(-c2oc3cc(O)cc(O)c3c(=O)c2O)ccc1O. The molecule has 0 aliphatic rings. The van der Waals surface area contributed by atoms with E-state index in [0.29, 0.717) is 0 Å². The summed E-state index contributed by atoms with van der Waals surface area (Å²) in [6, 6.07) is 5.44. The summed E-state index contributed by atoms with van der Waals surface area (Å²) in [5.41, 5.74) is -1.12. The molecule has 1 unspecified atom stereocenters. The quantitative estimate of drug-likeness (QED) is 0.251. The average Bonchev–Trinajstić information content (AvgIpc) is 2.56. The van der Waals surface area contributed by atoms with Crippen LogP contribution in [0.1, 0.15) is 0 Å². The van der Waals surface area contributed by atoms with Gasteiger partial charge in [-0.1, -0.05) is 0 Å². The van der Waals surface area contributed by atoms with E-state index >= 15 is 0 Å². The summed E-state index contributed by atoms with van der Waals surface area (Å²) in [6.45, 7) is 0.862. The van der Waals surface area contributed by atoms with Crippen molar-refractivity contribution in [3.63, 3.8) is 0 Å². The Kier molecular flexibility index (Phi) is 4.48. The summed E-state index contributed by atoms with van der Waals surface area (Å²) >= 11 is 0. The van der Waals surface area contributed by atoms with Crippen LogP contribution in [0.5, 0.6) is 28.7 Å². The molecule has 142 valence electrons. The third-order valence-electron chi connectivity index (χ3n) is 3.42. The highest BCUT2D eigenvalue weighted by Crippen LogP contribution is 2.41. The molecule has 27 heavy (non-hydrogen) atoms. The minimum absolute atomic E-state index is 0.0367. The van der Waals surface area contributed by atoms with Crippen LogP contribution in [0.15, 0.2) is 39.5 Å². The number of hydrogen-bond donors (Lipinski definition) is 5. The van der Waals surface area contributed by atoms with Gasteiger partial charge in [-0.15, -0.1) is 4.67 Å². The second-order valence-corrected chi connectivity index (χ2v) is 7.35. The maximum atomic E-state index is 12.3. The number of fused-ring (bicyclic) bond motifs is 1.